The van der Waals surface area contributed by atoms with Gasteiger partial charge in [0.2, 0.25) is 5.91 Å². The van der Waals surface area contributed by atoms with E-state index in [4.69, 9.17) is 0 Å². The van der Waals surface area contributed by atoms with Gasteiger partial charge in [-0.05, 0) is 31.2 Å². The van der Waals surface area contributed by atoms with Crippen LogP contribution in [0.1, 0.15) is 35.9 Å². The van der Waals surface area contributed by atoms with Gasteiger partial charge in [-0.2, -0.15) is 0 Å². The van der Waals surface area contributed by atoms with E-state index in [-0.39, 0.29) is 18.4 Å². The molecule has 0 saturated heterocycles. The highest BCUT2D eigenvalue weighted by Gasteiger charge is 2.44. The van der Waals surface area contributed by atoms with Crippen LogP contribution in [0.3, 0.4) is 0 Å². The zero-order valence-electron chi connectivity index (χ0n) is 11.7. The average molecular weight is 310 g/mol. The molecule has 2 rings (SSSR count). The molecule has 1 aromatic rings. The predicted octanol–water partition coefficient (Wildman–Crippen LogP) is 1.24. The van der Waals surface area contributed by atoms with Crippen molar-refractivity contribution in [2.45, 2.75) is 32.2 Å². The highest BCUT2D eigenvalue weighted by Crippen LogP contribution is 2.40. The Balaban J connectivity index is 1.83. The van der Waals surface area contributed by atoms with Gasteiger partial charge in [0.05, 0.1) is 10.3 Å². The van der Waals surface area contributed by atoms with E-state index in [9.17, 15) is 19.5 Å². The van der Waals surface area contributed by atoms with Crippen LogP contribution in [0.4, 0.5) is 0 Å². The third kappa shape index (κ3) is 3.41. The number of hydrogen-bond donors (Lipinski definition) is 3. The van der Waals surface area contributed by atoms with E-state index in [1.807, 2.05) is 0 Å². The molecule has 1 atom stereocenters. The lowest BCUT2D eigenvalue weighted by atomic mass is 9.69. The van der Waals surface area contributed by atoms with E-state index in [1.54, 1.807) is 24.4 Å². The zero-order chi connectivity index (χ0) is 15.5. The third-order valence-electron chi connectivity index (χ3n) is 3.85. The summed E-state index contributed by atoms with van der Waals surface area (Å²) >= 11 is 1.30. The number of thiophene rings is 1. The molecule has 1 aliphatic carbocycles. The van der Waals surface area contributed by atoms with Gasteiger partial charge < -0.3 is 15.7 Å². The molecule has 3 N–H and O–H groups in total. The number of carboxylic acids is 1. The van der Waals surface area contributed by atoms with Crippen LogP contribution in [0, 0.1) is 5.41 Å². The van der Waals surface area contributed by atoms with Crippen molar-refractivity contribution >= 4 is 29.1 Å². The third-order valence-corrected chi connectivity index (χ3v) is 4.72. The Kier molecular flexibility index (Phi) is 4.62. The summed E-state index contributed by atoms with van der Waals surface area (Å²) in [7, 11) is 0. The van der Waals surface area contributed by atoms with Crippen molar-refractivity contribution in [3.8, 4) is 0 Å². The fourth-order valence-corrected chi connectivity index (χ4v) is 2.85. The number of aliphatic carboxylic acids is 1. The minimum atomic E-state index is -0.871. The lowest BCUT2D eigenvalue weighted by Crippen LogP contribution is -2.51. The number of hydrogen-bond acceptors (Lipinski definition) is 4. The maximum absolute atomic E-state index is 11.9. The summed E-state index contributed by atoms with van der Waals surface area (Å²) in [5.41, 5.74) is -0.826. The fourth-order valence-electron chi connectivity index (χ4n) is 2.22. The summed E-state index contributed by atoms with van der Waals surface area (Å²) in [5, 5.41) is 16.2. The average Bonchev–Trinajstić information content (AvgIpc) is 2.90. The van der Waals surface area contributed by atoms with E-state index in [0.717, 1.165) is 6.42 Å². The SMILES string of the molecule is CC(NC(=O)c1cccs1)C(=O)NCC1(C(=O)O)CCC1. The van der Waals surface area contributed by atoms with Gasteiger partial charge in [-0.1, -0.05) is 12.5 Å². The van der Waals surface area contributed by atoms with Crippen LogP contribution in [0.25, 0.3) is 0 Å². The quantitative estimate of drug-likeness (QED) is 0.736. The molecule has 21 heavy (non-hydrogen) atoms. The fraction of sp³-hybridized carbons (Fsp3) is 0.500. The number of rotatable bonds is 6. The lowest BCUT2D eigenvalue weighted by Gasteiger charge is -2.37. The van der Waals surface area contributed by atoms with Gasteiger partial charge in [0.1, 0.15) is 6.04 Å². The van der Waals surface area contributed by atoms with Gasteiger partial charge in [0.25, 0.3) is 5.91 Å². The molecule has 6 nitrogen and oxygen atoms in total. The first-order valence-electron chi connectivity index (χ1n) is 6.80. The minimum absolute atomic E-state index is 0.111. The summed E-state index contributed by atoms with van der Waals surface area (Å²) < 4.78 is 0. The van der Waals surface area contributed by atoms with Crippen molar-refractivity contribution in [2.24, 2.45) is 5.41 Å². The van der Waals surface area contributed by atoms with E-state index in [1.165, 1.54) is 11.3 Å². The standard InChI is InChI=1S/C14H18N2O4S/c1-9(16-12(18)10-4-2-7-21-10)11(17)15-8-14(13(19)20)5-3-6-14/h2,4,7,9H,3,5-6,8H2,1H3,(H,15,17)(H,16,18)(H,19,20). The van der Waals surface area contributed by atoms with Gasteiger partial charge in [-0.3, -0.25) is 14.4 Å². The monoisotopic (exact) mass is 310 g/mol. The molecular weight excluding hydrogens is 292 g/mol. The Morgan fingerprint density at radius 2 is 2.14 bits per heavy atom. The van der Waals surface area contributed by atoms with Crippen molar-refractivity contribution in [1.29, 1.82) is 0 Å². The van der Waals surface area contributed by atoms with Crippen LogP contribution < -0.4 is 10.6 Å². The molecule has 1 heterocycles. The van der Waals surface area contributed by atoms with Crippen LogP contribution in [0.15, 0.2) is 17.5 Å². The van der Waals surface area contributed by atoms with Crippen LogP contribution in [0.2, 0.25) is 0 Å². The smallest absolute Gasteiger partial charge is 0.311 e. The molecule has 1 saturated carbocycles. The zero-order valence-corrected chi connectivity index (χ0v) is 12.5. The topological polar surface area (TPSA) is 95.5 Å². The molecule has 0 spiro atoms. The molecule has 1 aromatic heterocycles. The number of carboxylic acid groups (broad SMARTS) is 1. The maximum Gasteiger partial charge on any atom is 0.311 e. The molecule has 2 amide bonds. The molecule has 1 fully saturated rings. The number of amides is 2. The summed E-state index contributed by atoms with van der Waals surface area (Å²) in [6.07, 6.45) is 2.03. The predicted molar refractivity (Wildman–Crippen MR) is 78.2 cm³/mol. The Morgan fingerprint density at radius 3 is 2.62 bits per heavy atom. The highest BCUT2D eigenvalue weighted by atomic mass is 32.1. The number of carbonyl (C=O) groups excluding carboxylic acids is 2. The molecular formula is C14H18N2O4S. The van der Waals surface area contributed by atoms with Crippen LogP contribution in [-0.2, 0) is 9.59 Å². The Labute approximate surface area is 126 Å². The van der Waals surface area contributed by atoms with E-state index in [0.29, 0.717) is 17.7 Å². The second-order valence-corrected chi connectivity index (χ2v) is 6.28. The summed E-state index contributed by atoms with van der Waals surface area (Å²) in [6, 6.07) is 2.74. The Morgan fingerprint density at radius 1 is 1.43 bits per heavy atom. The molecule has 114 valence electrons. The second kappa shape index (κ2) is 6.26. The molecule has 0 radical (unpaired) electrons. The summed E-state index contributed by atoms with van der Waals surface area (Å²) in [6.45, 7) is 1.69. The molecule has 0 aromatic carbocycles. The largest absolute Gasteiger partial charge is 0.481 e. The first-order chi connectivity index (χ1) is 9.94. The molecule has 1 unspecified atom stereocenters. The molecule has 7 heteroatoms. The van der Waals surface area contributed by atoms with Gasteiger partial charge in [0, 0.05) is 6.54 Å². The number of nitrogens with one attached hydrogen (secondary N) is 2. The second-order valence-electron chi connectivity index (χ2n) is 5.33. The van der Waals surface area contributed by atoms with E-state index < -0.39 is 17.4 Å². The van der Waals surface area contributed by atoms with Gasteiger partial charge in [0.15, 0.2) is 0 Å². The van der Waals surface area contributed by atoms with Crippen molar-refractivity contribution in [2.75, 3.05) is 6.54 Å². The van der Waals surface area contributed by atoms with Crippen molar-refractivity contribution < 1.29 is 19.5 Å². The minimum Gasteiger partial charge on any atom is -0.481 e. The molecule has 0 aliphatic heterocycles. The maximum atomic E-state index is 11.9. The van der Waals surface area contributed by atoms with E-state index in [2.05, 4.69) is 10.6 Å². The van der Waals surface area contributed by atoms with Crippen LogP contribution in [0.5, 0.6) is 0 Å². The van der Waals surface area contributed by atoms with Gasteiger partial charge in [-0.15, -0.1) is 11.3 Å². The first-order valence-corrected chi connectivity index (χ1v) is 7.68. The Hall–Kier alpha value is -1.89. The van der Waals surface area contributed by atoms with Crippen LogP contribution >= 0.6 is 11.3 Å². The highest BCUT2D eigenvalue weighted by molar-refractivity contribution is 7.12. The van der Waals surface area contributed by atoms with E-state index >= 15 is 0 Å². The van der Waals surface area contributed by atoms with Gasteiger partial charge >= 0.3 is 5.97 Å². The Bertz CT molecular complexity index is 537. The van der Waals surface area contributed by atoms with Crippen molar-refractivity contribution in [3.63, 3.8) is 0 Å². The van der Waals surface area contributed by atoms with Gasteiger partial charge in [-0.25, -0.2) is 0 Å². The first kappa shape index (κ1) is 15.5. The van der Waals surface area contributed by atoms with Crippen molar-refractivity contribution in [1.82, 2.24) is 10.6 Å². The number of carbonyl (C=O) groups is 3. The molecule has 1 aliphatic rings. The van der Waals surface area contributed by atoms with Crippen molar-refractivity contribution in [3.05, 3.63) is 22.4 Å². The summed E-state index contributed by atoms with van der Waals surface area (Å²) in [4.78, 5) is 35.5. The lowest BCUT2D eigenvalue weighted by molar-refractivity contribution is -0.154. The molecule has 0 bridgehead atoms. The van der Waals surface area contributed by atoms with Crippen LogP contribution in [-0.4, -0.2) is 35.5 Å². The normalized spacial score (nSPS) is 17.4. The summed E-state index contributed by atoms with van der Waals surface area (Å²) in [5.74, 6) is -1.54.